The van der Waals surface area contributed by atoms with Crippen LogP contribution in [-0.4, -0.2) is 41.1 Å². The maximum absolute atomic E-state index is 13.2. The average Bonchev–Trinajstić information content (AvgIpc) is 3.11. The SMILES string of the molecule is CC(C)CN(CC(=O)N1CCS[C@@H]1c1ccccc1Cl)Cc1cccc(Cl)c1. The van der Waals surface area contributed by atoms with Gasteiger partial charge in [0.05, 0.1) is 6.54 Å². The van der Waals surface area contributed by atoms with Gasteiger partial charge in [-0.1, -0.05) is 67.4 Å². The molecule has 0 saturated carbocycles. The van der Waals surface area contributed by atoms with E-state index in [9.17, 15) is 4.79 Å². The van der Waals surface area contributed by atoms with Crippen LogP contribution in [0.15, 0.2) is 48.5 Å². The molecule has 0 N–H and O–H groups in total. The number of thioether (sulfide) groups is 1. The quantitative estimate of drug-likeness (QED) is 0.553. The fraction of sp³-hybridized carbons (Fsp3) is 0.409. The third-order valence-corrected chi connectivity index (χ3v) is 6.48. The van der Waals surface area contributed by atoms with Crippen molar-refractivity contribution in [3.05, 3.63) is 69.7 Å². The van der Waals surface area contributed by atoms with Crippen molar-refractivity contribution in [3.8, 4) is 0 Å². The third-order valence-electron chi connectivity index (χ3n) is 4.66. The Kier molecular flexibility index (Phi) is 7.69. The second kappa shape index (κ2) is 10.0. The summed E-state index contributed by atoms with van der Waals surface area (Å²) < 4.78 is 0. The number of carbonyl (C=O) groups is 1. The topological polar surface area (TPSA) is 23.6 Å². The Labute approximate surface area is 182 Å². The van der Waals surface area contributed by atoms with Crippen molar-refractivity contribution in [1.82, 2.24) is 9.80 Å². The van der Waals surface area contributed by atoms with E-state index in [0.29, 0.717) is 19.0 Å². The Hall–Kier alpha value is -1.20. The van der Waals surface area contributed by atoms with Gasteiger partial charge in [0.1, 0.15) is 5.37 Å². The molecule has 0 spiro atoms. The number of hydrogen-bond donors (Lipinski definition) is 0. The van der Waals surface area contributed by atoms with Crippen LogP contribution in [0.1, 0.15) is 30.3 Å². The van der Waals surface area contributed by atoms with Gasteiger partial charge >= 0.3 is 0 Å². The molecule has 0 aromatic heterocycles. The normalized spacial score (nSPS) is 16.9. The lowest BCUT2D eigenvalue weighted by Crippen LogP contribution is -2.41. The predicted molar refractivity (Wildman–Crippen MR) is 120 cm³/mol. The van der Waals surface area contributed by atoms with Crippen molar-refractivity contribution < 1.29 is 4.79 Å². The molecule has 0 radical (unpaired) electrons. The molecule has 2 aromatic rings. The molecule has 3 nitrogen and oxygen atoms in total. The smallest absolute Gasteiger partial charge is 0.237 e. The highest BCUT2D eigenvalue weighted by Gasteiger charge is 2.32. The van der Waals surface area contributed by atoms with E-state index in [4.69, 9.17) is 23.2 Å². The molecule has 1 aliphatic rings. The summed E-state index contributed by atoms with van der Waals surface area (Å²) in [6.07, 6.45) is 0. The second-order valence-electron chi connectivity index (χ2n) is 7.53. The van der Waals surface area contributed by atoms with Gasteiger partial charge in [-0.25, -0.2) is 0 Å². The summed E-state index contributed by atoms with van der Waals surface area (Å²) in [6, 6.07) is 15.7. The number of hydrogen-bond acceptors (Lipinski definition) is 3. The molecule has 2 aromatic carbocycles. The molecule has 0 unspecified atom stereocenters. The van der Waals surface area contributed by atoms with Crippen molar-refractivity contribution in [1.29, 1.82) is 0 Å². The Morgan fingerprint density at radius 2 is 2.00 bits per heavy atom. The van der Waals surface area contributed by atoms with Crippen LogP contribution >= 0.6 is 35.0 Å². The highest BCUT2D eigenvalue weighted by molar-refractivity contribution is 7.99. The molecular formula is C22H26Cl2N2OS. The van der Waals surface area contributed by atoms with E-state index in [1.165, 1.54) is 0 Å². The van der Waals surface area contributed by atoms with Crippen LogP contribution in [0.4, 0.5) is 0 Å². The molecule has 28 heavy (non-hydrogen) atoms. The van der Waals surface area contributed by atoms with Crippen LogP contribution in [0.2, 0.25) is 10.0 Å². The van der Waals surface area contributed by atoms with Crippen LogP contribution in [0, 0.1) is 5.92 Å². The number of halogens is 2. The number of rotatable bonds is 7. The molecular weight excluding hydrogens is 411 g/mol. The number of benzene rings is 2. The third kappa shape index (κ3) is 5.66. The summed E-state index contributed by atoms with van der Waals surface area (Å²) in [5, 5.41) is 1.44. The Morgan fingerprint density at radius 1 is 1.21 bits per heavy atom. The lowest BCUT2D eigenvalue weighted by molar-refractivity contribution is -0.132. The largest absolute Gasteiger partial charge is 0.325 e. The zero-order valence-corrected chi connectivity index (χ0v) is 18.6. The standard InChI is InChI=1S/C22H26Cl2N2OS/c1-16(2)13-25(14-17-6-5-7-18(23)12-17)15-21(27)26-10-11-28-22(26)19-8-3-4-9-20(19)24/h3-9,12,16,22H,10-11,13-15H2,1-2H3/t22-/m1/s1. The number of amides is 1. The molecule has 0 aliphatic carbocycles. The van der Waals surface area contributed by atoms with Gasteiger partial charge in [0.15, 0.2) is 0 Å². The van der Waals surface area contributed by atoms with Gasteiger partial charge in [-0.05, 0) is 29.7 Å². The van der Waals surface area contributed by atoms with Gasteiger partial charge in [0.25, 0.3) is 0 Å². The monoisotopic (exact) mass is 436 g/mol. The first-order chi connectivity index (χ1) is 13.4. The molecule has 1 fully saturated rings. The summed E-state index contributed by atoms with van der Waals surface area (Å²) in [6.45, 7) is 7.07. The molecule has 6 heteroatoms. The van der Waals surface area contributed by atoms with Crippen molar-refractivity contribution in [3.63, 3.8) is 0 Å². The first-order valence-corrected chi connectivity index (χ1v) is 11.4. The van der Waals surface area contributed by atoms with Gasteiger partial charge in [-0.15, -0.1) is 11.8 Å². The van der Waals surface area contributed by atoms with E-state index in [0.717, 1.165) is 40.0 Å². The number of carbonyl (C=O) groups excluding carboxylic acids is 1. The Bertz CT molecular complexity index is 815. The lowest BCUT2D eigenvalue weighted by atomic mass is 10.1. The lowest BCUT2D eigenvalue weighted by Gasteiger charge is -2.29. The summed E-state index contributed by atoms with van der Waals surface area (Å²) in [4.78, 5) is 17.4. The number of nitrogens with zero attached hydrogens (tertiary/aromatic N) is 2. The maximum Gasteiger partial charge on any atom is 0.237 e. The summed E-state index contributed by atoms with van der Waals surface area (Å²) >= 11 is 14.3. The summed E-state index contributed by atoms with van der Waals surface area (Å²) in [7, 11) is 0. The molecule has 1 amide bonds. The minimum Gasteiger partial charge on any atom is -0.325 e. The van der Waals surface area contributed by atoms with E-state index >= 15 is 0 Å². The van der Waals surface area contributed by atoms with E-state index in [1.807, 2.05) is 47.4 Å². The average molecular weight is 437 g/mol. The first-order valence-electron chi connectivity index (χ1n) is 9.56. The molecule has 1 atom stereocenters. The molecule has 1 heterocycles. The highest BCUT2D eigenvalue weighted by atomic mass is 35.5. The zero-order chi connectivity index (χ0) is 20.1. The predicted octanol–water partition coefficient (Wildman–Crippen LogP) is 5.73. The fourth-order valence-electron chi connectivity index (χ4n) is 3.54. The van der Waals surface area contributed by atoms with Crippen molar-refractivity contribution in [2.24, 2.45) is 5.92 Å². The van der Waals surface area contributed by atoms with Gasteiger partial charge in [-0.2, -0.15) is 0 Å². The first kappa shape index (κ1) is 21.5. The Morgan fingerprint density at radius 3 is 2.71 bits per heavy atom. The second-order valence-corrected chi connectivity index (χ2v) is 9.56. The van der Waals surface area contributed by atoms with Gasteiger partial charge in [0.2, 0.25) is 5.91 Å². The highest BCUT2D eigenvalue weighted by Crippen LogP contribution is 2.40. The fourth-order valence-corrected chi connectivity index (χ4v) is 5.37. The summed E-state index contributed by atoms with van der Waals surface area (Å²) in [5.74, 6) is 1.55. The van der Waals surface area contributed by atoms with Crippen LogP contribution in [0.5, 0.6) is 0 Å². The molecule has 1 saturated heterocycles. The summed E-state index contributed by atoms with van der Waals surface area (Å²) in [5.41, 5.74) is 2.14. The zero-order valence-electron chi connectivity index (χ0n) is 16.3. The molecule has 1 aliphatic heterocycles. The van der Waals surface area contributed by atoms with Crippen LogP contribution in [-0.2, 0) is 11.3 Å². The molecule has 150 valence electrons. The van der Waals surface area contributed by atoms with Crippen LogP contribution in [0.25, 0.3) is 0 Å². The van der Waals surface area contributed by atoms with E-state index in [1.54, 1.807) is 11.8 Å². The van der Waals surface area contributed by atoms with Crippen LogP contribution < -0.4 is 0 Å². The maximum atomic E-state index is 13.2. The van der Waals surface area contributed by atoms with Crippen LogP contribution in [0.3, 0.4) is 0 Å². The van der Waals surface area contributed by atoms with E-state index in [2.05, 4.69) is 24.8 Å². The van der Waals surface area contributed by atoms with Gasteiger partial charge in [-0.3, -0.25) is 9.69 Å². The Balaban J connectivity index is 1.72. The molecule has 0 bridgehead atoms. The minimum absolute atomic E-state index is 0.00623. The van der Waals surface area contributed by atoms with Crippen molar-refractivity contribution >= 4 is 40.9 Å². The van der Waals surface area contributed by atoms with Gasteiger partial charge in [0, 0.05) is 41.0 Å². The van der Waals surface area contributed by atoms with Gasteiger partial charge < -0.3 is 4.90 Å². The molecule has 3 rings (SSSR count). The van der Waals surface area contributed by atoms with E-state index < -0.39 is 0 Å². The minimum atomic E-state index is -0.00623. The van der Waals surface area contributed by atoms with Crippen molar-refractivity contribution in [2.45, 2.75) is 25.8 Å². The van der Waals surface area contributed by atoms with Crippen molar-refractivity contribution in [2.75, 3.05) is 25.4 Å². The van der Waals surface area contributed by atoms with E-state index in [-0.39, 0.29) is 11.3 Å².